The Morgan fingerprint density at radius 1 is 1.33 bits per heavy atom. The molecule has 1 atom stereocenters. The molecule has 0 aliphatic heterocycles. The number of nitrogens with zero attached hydrogens (tertiary/aromatic N) is 2. The molecule has 0 aliphatic rings. The van der Waals surface area contributed by atoms with Gasteiger partial charge in [-0.1, -0.05) is 41.2 Å². The lowest BCUT2D eigenvalue weighted by molar-refractivity contribution is 0.229. The van der Waals surface area contributed by atoms with Gasteiger partial charge in [0.25, 0.3) is 0 Å². The van der Waals surface area contributed by atoms with E-state index in [9.17, 15) is 4.79 Å². The van der Waals surface area contributed by atoms with Gasteiger partial charge in [0, 0.05) is 6.42 Å². The smallest absolute Gasteiger partial charge is 0.321 e. The fraction of sp³-hybridized carbons (Fsp3) is 0.357. The van der Waals surface area contributed by atoms with Gasteiger partial charge in [0.2, 0.25) is 5.13 Å². The van der Waals surface area contributed by atoms with E-state index >= 15 is 0 Å². The van der Waals surface area contributed by atoms with Crippen molar-refractivity contribution >= 4 is 22.5 Å². The second-order valence-corrected chi connectivity index (χ2v) is 5.91. The van der Waals surface area contributed by atoms with Crippen molar-refractivity contribution in [1.82, 2.24) is 15.5 Å². The van der Waals surface area contributed by atoms with Crippen molar-refractivity contribution in [2.24, 2.45) is 0 Å². The number of anilines is 1. The summed E-state index contributed by atoms with van der Waals surface area (Å²) in [5, 5.41) is 23.3. The second-order valence-electron chi connectivity index (χ2n) is 4.85. The van der Waals surface area contributed by atoms with E-state index in [0.29, 0.717) is 11.6 Å². The normalized spacial score (nSPS) is 12.0. The molecule has 3 N–H and O–H groups in total. The summed E-state index contributed by atoms with van der Waals surface area (Å²) in [6, 6.07) is 7.52. The van der Waals surface area contributed by atoms with Gasteiger partial charge in [0.15, 0.2) is 0 Å². The second kappa shape index (κ2) is 7.14. The monoisotopic (exact) mass is 306 g/mol. The molecule has 0 saturated heterocycles. The Balaban J connectivity index is 1.92. The van der Waals surface area contributed by atoms with Crippen LogP contribution in [0.2, 0.25) is 0 Å². The molecule has 0 fully saturated rings. The number of amides is 2. The molecule has 6 nitrogen and oxygen atoms in total. The van der Waals surface area contributed by atoms with Crippen molar-refractivity contribution in [2.45, 2.75) is 26.3 Å². The Kier molecular flexibility index (Phi) is 5.24. The Hall–Kier alpha value is -1.99. The number of aliphatic hydroxyl groups is 1. The van der Waals surface area contributed by atoms with Crippen LogP contribution in [0, 0.1) is 6.92 Å². The topological polar surface area (TPSA) is 87.1 Å². The number of hydrogen-bond donors (Lipinski definition) is 3. The SMILES string of the molecule is Cc1ccc(Cc2nnc(NC(=O)N[C@@H](C)CO)s2)cc1. The van der Waals surface area contributed by atoms with Gasteiger partial charge in [-0.05, 0) is 19.4 Å². The first-order chi connectivity index (χ1) is 10.1. The summed E-state index contributed by atoms with van der Waals surface area (Å²) >= 11 is 1.34. The number of aliphatic hydroxyl groups excluding tert-OH is 1. The average molecular weight is 306 g/mol. The maximum absolute atomic E-state index is 11.6. The lowest BCUT2D eigenvalue weighted by atomic mass is 10.1. The molecule has 0 aliphatic carbocycles. The minimum Gasteiger partial charge on any atom is -0.394 e. The van der Waals surface area contributed by atoms with E-state index < -0.39 is 6.03 Å². The summed E-state index contributed by atoms with van der Waals surface area (Å²) < 4.78 is 0. The standard InChI is InChI=1S/C14H18N4O2S/c1-9-3-5-11(6-4-9)7-12-17-18-14(21-12)16-13(20)15-10(2)8-19/h3-6,10,19H,7-8H2,1-2H3,(H2,15,16,18,20)/t10-/m0/s1. The Morgan fingerprint density at radius 2 is 2.05 bits per heavy atom. The maximum atomic E-state index is 11.6. The molecule has 0 saturated carbocycles. The van der Waals surface area contributed by atoms with E-state index in [0.717, 1.165) is 10.6 Å². The zero-order valence-electron chi connectivity index (χ0n) is 12.0. The zero-order chi connectivity index (χ0) is 15.2. The molecule has 1 aromatic carbocycles. The molecule has 1 heterocycles. The number of rotatable bonds is 5. The quantitative estimate of drug-likeness (QED) is 0.788. The third-order valence-corrected chi connectivity index (χ3v) is 3.65. The predicted molar refractivity (Wildman–Crippen MR) is 82.6 cm³/mol. The molecule has 112 valence electrons. The van der Waals surface area contributed by atoms with Crippen molar-refractivity contribution in [3.05, 3.63) is 40.4 Å². The van der Waals surface area contributed by atoms with Crippen molar-refractivity contribution in [1.29, 1.82) is 0 Å². The molecule has 2 aromatic rings. The lowest BCUT2D eigenvalue weighted by Gasteiger charge is -2.09. The van der Waals surface area contributed by atoms with E-state index in [1.165, 1.54) is 16.9 Å². The fourth-order valence-corrected chi connectivity index (χ4v) is 2.43. The van der Waals surface area contributed by atoms with E-state index in [1.54, 1.807) is 6.92 Å². The summed E-state index contributed by atoms with van der Waals surface area (Å²) in [5.74, 6) is 0. The summed E-state index contributed by atoms with van der Waals surface area (Å²) in [5.41, 5.74) is 2.37. The van der Waals surface area contributed by atoms with E-state index in [-0.39, 0.29) is 12.6 Å². The third-order valence-electron chi connectivity index (χ3n) is 2.81. The van der Waals surface area contributed by atoms with Gasteiger partial charge in [0.05, 0.1) is 12.6 Å². The Labute approximate surface area is 127 Å². The van der Waals surface area contributed by atoms with Gasteiger partial charge >= 0.3 is 6.03 Å². The summed E-state index contributed by atoms with van der Waals surface area (Å²) in [6.07, 6.45) is 0.689. The van der Waals surface area contributed by atoms with Crippen LogP contribution in [0.3, 0.4) is 0 Å². The van der Waals surface area contributed by atoms with Gasteiger partial charge in [-0.2, -0.15) is 0 Å². The van der Waals surface area contributed by atoms with Gasteiger partial charge in [-0.3, -0.25) is 5.32 Å². The molecule has 0 spiro atoms. The number of aromatic nitrogens is 2. The Bertz CT molecular complexity index is 597. The molecule has 2 amide bonds. The summed E-state index contributed by atoms with van der Waals surface area (Å²) in [4.78, 5) is 11.6. The lowest BCUT2D eigenvalue weighted by Crippen LogP contribution is -2.38. The van der Waals surface area contributed by atoms with Crippen molar-refractivity contribution < 1.29 is 9.90 Å². The minimum atomic E-state index is -0.394. The van der Waals surface area contributed by atoms with Crippen LogP contribution in [-0.4, -0.2) is 34.0 Å². The van der Waals surface area contributed by atoms with Crippen LogP contribution in [0.4, 0.5) is 9.93 Å². The summed E-state index contributed by atoms with van der Waals surface area (Å²) in [6.45, 7) is 3.65. The molecule has 7 heteroatoms. The third kappa shape index (κ3) is 4.80. The van der Waals surface area contributed by atoms with Gasteiger partial charge in [-0.15, -0.1) is 10.2 Å². The molecule has 21 heavy (non-hydrogen) atoms. The molecule has 2 rings (SSSR count). The maximum Gasteiger partial charge on any atom is 0.321 e. The largest absolute Gasteiger partial charge is 0.394 e. The number of benzene rings is 1. The first kappa shape index (κ1) is 15.4. The fourth-order valence-electron chi connectivity index (χ4n) is 1.66. The highest BCUT2D eigenvalue weighted by molar-refractivity contribution is 7.15. The van der Waals surface area contributed by atoms with Crippen LogP contribution in [0.1, 0.15) is 23.1 Å². The first-order valence-electron chi connectivity index (χ1n) is 6.63. The van der Waals surface area contributed by atoms with Crippen molar-refractivity contribution in [3.8, 4) is 0 Å². The zero-order valence-corrected chi connectivity index (χ0v) is 12.8. The van der Waals surface area contributed by atoms with Crippen molar-refractivity contribution in [3.63, 3.8) is 0 Å². The predicted octanol–water partition coefficient (Wildman–Crippen LogP) is 1.94. The molecule has 0 unspecified atom stereocenters. The van der Waals surface area contributed by atoms with E-state index in [1.807, 2.05) is 6.92 Å². The first-order valence-corrected chi connectivity index (χ1v) is 7.45. The number of nitrogens with one attached hydrogen (secondary N) is 2. The van der Waals surface area contributed by atoms with Crippen LogP contribution in [0.15, 0.2) is 24.3 Å². The van der Waals surface area contributed by atoms with Gasteiger partial charge in [0.1, 0.15) is 5.01 Å². The molecule has 1 aromatic heterocycles. The highest BCUT2D eigenvalue weighted by Crippen LogP contribution is 2.18. The van der Waals surface area contributed by atoms with Crippen molar-refractivity contribution in [2.75, 3.05) is 11.9 Å². The van der Waals surface area contributed by atoms with E-state index in [4.69, 9.17) is 5.11 Å². The van der Waals surface area contributed by atoms with Crippen LogP contribution in [0.5, 0.6) is 0 Å². The number of carbonyl (C=O) groups is 1. The highest BCUT2D eigenvalue weighted by Gasteiger charge is 2.10. The number of aryl methyl sites for hydroxylation is 1. The molecule has 0 bridgehead atoms. The molecular formula is C14H18N4O2S. The van der Waals surface area contributed by atoms with Crippen LogP contribution < -0.4 is 10.6 Å². The summed E-state index contributed by atoms with van der Waals surface area (Å²) in [7, 11) is 0. The van der Waals surface area contributed by atoms with Crippen LogP contribution in [-0.2, 0) is 6.42 Å². The van der Waals surface area contributed by atoms with Crippen LogP contribution in [0.25, 0.3) is 0 Å². The Morgan fingerprint density at radius 3 is 2.71 bits per heavy atom. The van der Waals surface area contributed by atoms with E-state index in [2.05, 4.69) is 45.1 Å². The minimum absolute atomic E-state index is 0.109. The number of hydrogen-bond acceptors (Lipinski definition) is 5. The van der Waals surface area contributed by atoms with Gasteiger partial charge < -0.3 is 10.4 Å². The van der Waals surface area contributed by atoms with Crippen LogP contribution >= 0.6 is 11.3 Å². The van der Waals surface area contributed by atoms with Gasteiger partial charge in [-0.25, -0.2) is 4.79 Å². The number of urea groups is 1. The highest BCUT2D eigenvalue weighted by atomic mass is 32.1. The molecular weight excluding hydrogens is 288 g/mol. The average Bonchev–Trinajstić information content (AvgIpc) is 2.88. The molecule has 0 radical (unpaired) electrons. The number of carbonyl (C=O) groups excluding carboxylic acids is 1.